The number of amides is 1. The monoisotopic (exact) mass is 378 g/mol. The van der Waals surface area contributed by atoms with Crippen molar-refractivity contribution in [3.8, 4) is 16.3 Å². The van der Waals surface area contributed by atoms with Gasteiger partial charge >= 0.3 is 0 Å². The quantitative estimate of drug-likeness (QED) is 0.654. The number of hydrogen-bond donors (Lipinski definition) is 0. The molecule has 4 rings (SSSR count). The molecule has 0 N–H and O–H groups in total. The van der Waals surface area contributed by atoms with Crippen molar-refractivity contribution in [1.29, 1.82) is 0 Å². The van der Waals surface area contributed by atoms with Crippen molar-refractivity contribution in [2.45, 2.75) is 0 Å². The minimum atomic E-state index is 0.0627. The van der Waals surface area contributed by atoms with Crippen LogP contribution in [-0.2, 0) is 4.79 Å². The van der Waals surface area contributed by atoms with E-state index >= 15 is 0 Å². The van der Waals surface area contributed by atoms with Crippen LogP contribution in [0.4, 0.5) is 0 Å². The predicted molar refractivity (Wildman–Crippen MR) is 110 cm³/mol. The lowest BCUT2D eigenvalue weighted by Gasteiger charge is -2.31. The summed E-state index contributed by atoms with van der Waals surface area (Å²) in [7, 11) is 2.09. The van der Waals surface area contributed by atoms with E-state index in [9.17, 15) is 4.79 Å². The zero-order valence-corrected chi connectivity index (χ0v) is 16.1. The van der Waals surface area contributed by atoms with Gasteiger partial charge in [-0.05, 0) is 36.7 Å². The van der Waals surface area contributed by atoms with E-state index in [4.69, 9.17) is 5.10 Å². The molecule has 2 aromatic heterocycles. The molecule has 6 heteroatoms. The van der Waals surface area contributed by atoms with E-state index < -0.39 is 0 Å². The molecule has 0 radical (unpaired) electrons. The van der Waals surface area contributed by atoms with Crippen molar-refractivity contribution < 1.29 is 4.79 Å². The molecule has 1 saturated heterocycles. The van der Waals surface area contributed by atoms with Gasteiger partial charge in [-0.3, -0.25) is 4.79 Å². The fraction of sp³-hybridized carbons (Fsp3) is 0.238. The first-order valence-electron chi connectivity index (χ1n) is 9.05. The first-order chi connectivity index (χ1) is 13.2. The summed E-state index contributed by atoms with van der Waals surface area (Å²) >= 11 is 1.65. The third-order valence-electron chi connectivity index (χ3n) is 4.74. The van der Waals surface area contributed by atoms with Crippen LogP contribution in [0, 0.1) is 0 Å². The maximum atomic E-state index is 12.5. The number of piperazine rings is 1. The van der Waals surface area contributed by atoms with Gasteiger partial charge in [0.05, 0.1) is 10.6 Å². The third kappa shape index (κ3) is 4.02. The second-order valence-electron chi connectivity index (χ2n) is 6.65. The smallest absolute Gasteiger partial charge is 0.246 e. The molecular formula is C21H22N4OS. The summed E-state index contributed by atoms with van der Waals surface area (Å²) in [6, 6.07) is 14.1. The Kier molecular flexibility index (Phi) is 5.18. The summed E-state index contributed by atoms with van der Waals surface area (Å²) in [5, 5.41) is 6.81. The number of carbonyl (C=O) groups excluding carboxylic acids is 1. The minimum Gasteiger partial charge on any atom is -0.337 e. The number of para-hydroxylation sites is 1. The van der Waals surface area contributed by atoms with Gasteiger partial charge in [-0.15, -0.1) is 11.3 Å². The van der Waals surface area contributed by atoms with E-state index in [0.717, 1.165) is 48.0 Å². The number of nitrogens with zero attached hydrogens (tertiary/aromatic N) is 4. The van der Waals surface area contributed by atoms with Crippen LogP contribution < -0.4 is 0 Å². The maximum Gasteiger partial charge on any atom is 0.246 e. The highest BCUT2D eigenvalue weighted by Gasteiger charge is 2.17. The summed E-state index contributed by atoms with van der Waals surface area (Å²) in [5.41, 5.74) is 2.85. The fourth-order valence-corrected chi connectivity index (χ4v) is 3.85. The van der Waals surface area contributed by atoms with Gasteiger partial charge < -0.3 is 9.80 Å². The molecule has 0 atom stereocenters. The van der Waals surface area contributed by atoms with Crippen molar-refractivity contribution in [2.24, 2.45) is 0 Å². The molecule has 1 fully saturated rings. The Hall–Kier alpha value is -2.70. The highest BCUT2D eigenvalue weighted by molar-refractivity contribution is 7.13. The van der Waals surface area contributed by atoms with Crippen LogP contribution in [0.3, 0.4) is 0 Å². The molecule has 0 spiro atoms. The Labute approximate surface area is 163 Å². The Bertz CT molecular complexity index is 923. The molecule has 0 aliphatic carbocycles. The number of hydrogen-bond acceptors (Lipinski definition) is 4. The zero-order chi connectivity index (χ0) is 18.6. The summed E-state index contributed by atoms with van der Waals surface area (Å²) in [4.78, 5) is 17.8. The Morgan fingerprint density at radius 2 is 1.85 bits per heavy atom. The molecule has 1 amide bonds. The van der Waals surface area contributed by atoms with Crippen LogP contribution in [0.5, 0.6) is 0 Å². The average molecular weight is 379 g/mol. The van der Waals surface area contributed by atoms with Crippen LogP contribution in [-0.4, -0.2) is 58.7 Å². The molecule has 0 saturated carbocycles. The first kappa shape index (κ1) is 17.7. The Balaban J connectivity index is 1.61. The standard InChI is InChI=1S/C21H22N4OS/c1-23-11-13-24(14-12-23)20(26)10-9-17-16-25(18-6-3-2-4-7-18)22-21(17)19-8-5-15-27-19/h2-10,15-16H,11-14H2,1H3. The van der Waals surface area contributed by atoms with Crippen molar-refractivity contribution in [2.75, 3.05) is 33.2 Å². The molecule has 138 valence electrons. The fourth-order valence-electron chi connectivity index (χ4n) is 3.12. The summed E-state index contributed by atoms with van der Waals surface area (Å²) < 4.78 is 1.87. The highest BCUT2D eigenvalue weighted by atomic mass is 32.1. The predicted octanol–water partition coefficient (Wildman–Crippen LogP) is 3.39. The van der Waals surface area contributed by atoms with Crippen LogP contribution in [0.25, 0.3) is 22.3 Å². The summed E-state index contributed by atoms with van der Waals surface area (Å²) in [5.74, 6) is 0.0627. The van der Waals surface area contributed by atoms with Crippen molar-refractivity contribution >= 4 is 23.3 Å². The average Bonchev–Trinajstić information content (AvgIpc) is 3.37. The number of benzene rings is 1. The normalized spacial score (nSPS) is 15.5. The minimum absolute atomic E-state index is 0.0627. The molecule has 3 aromatic rings. The molecule has 0 bridgehead atoms. The number of thiophene rings is 1. The topological polar surface area (TPSA) is 41.4 Å². The lowest BCUT2D eigenvalue weighted by atomic mass is 10.2. The molecular weight excluding hydrogens is 356 g/mol. The zero-order valence-electron chi connectivity index (χ0n) is 15.3. The lowest BCUT2D eigenvalue weighted by molar-refractivity contribution is -0.127. The molecule has 5 nitrogen and oxygen atoms in total. The molecule has 0 unspecified atom stereocenters. The van der Waals surface area contributed by atoms with Gasteiger partial charge in [0.1, 0.15) is 5.69 Å². The van der Waals surface area contributed by atoms with E-state index in [0.29, 0.717) is 0 Å². The Morgan fingerprint density at radius 1 is 1.07 bits per heavy atom. The highest BCUT2D eigenvalue weighted by Crippen LogP contribution is 2.28. The van der Waals surface area contributed by atoms with Gasteiger partial charge in [-0.2, -0.15) is 5.10 Å². The largest absolute Gasteiger partial charge is 0.337 e. The molecule has 1 aliphatic heterocycles. The number of likely N-dealkylation sites (N-methyl/N-ethyl adjacent to an activating group) is 1. The van der Waals surface area contributed by atoms with Gasteiger partial charge in [0.2, 0.25) is 5.91 Å². The number of rotatable bonds is 4. The van der Waals surface area contributed by atoms with Crippen LogP contribution in [0.15, 0.2) is 60.1 Å². The molecule has 1 aliphatic rings. The Morgan fingerprint density at radius 3 is 2.56 bits per heavy atom. The maximum absolute atomic E-state index is 12.5. The summed E-state index contributed by atoms with van der Waals surface area (Å²) in [6.45, 7) is 3.40. The SMILES string of the molecule is CN1CCN(C(=O)C=Cc2cn(-c3ccccc3)nc2-c2cccs2)CC1. The van der Waals surface area contributed by atoms with Crippen LogP contribution in [0.2, 0.25) is 0 Å². The van der Waals surface area contributed by atoms with Gasteiger partial charge in [0.25, 0.3) is 0 Å². The first-order valence-corrected chi connectivity index (χ1v) is 9.93. The van der Waals surface area contributed by atoms with E-state index in [-0.39, 0.29) is 5.91 Å². The molecule has 3 heterocycles. The van der Waals surface area contributed by atoms with E-state index in [1.165, 1.54) is 0 Å². The van der Waals surface area contributed by atoms with Crippen LogP contribution in [0.1, 0.15) is 5.56 Å². The van der Waals surface area contributed by atoms with E-state index in [1.54, 1.807) is 17.4 Å². The van der Waals surface area contributed by atoms with Crippen molar-refractivity contribution in [3.05, 3.63) is 65.7 Å². The van der Waals surface area contributed by atoms with E-state index in [2.05, 4.69) is 18.0 Å². The van der Waals surface area contributed by atoms with Gasteiger partial charge in [0, 0.05) is 44.0 Å². The van der Waals surface area contributed by atoms with Crippen molar-refractivity contribution in [1.82, 2.24) is 19.6 Å². The lowest BCUT2D eigenvalue weighted by Crippen LogP contribution is -2.46. The molecule has 1 aromatic carbocycles. The van der Waals surface area contributed by atoms with Crippen molar-refractivity contribution in [3.63, 3.8) is 0 Å². The number of carbonyl (C=O) groups is 1. The summed E-state index contributed by atoms with van der Waals surface area (Å²) in [6.07, 6.45) is 5.55. The second kappa shape index (κ2) is 7.90. The molecule has 27 heavy (non-hydrogen) atoms. The van der Waals surface area contributed by atoms with Gasteiger partial charge in [-0.25, -0.2) is 4.68 Å². The van der Waals surface area contributed by atoms with Gasteiger partial charge in [0.15, 0.2) is 0 Å². The van der Waals surface area contributed by atoms with E-state index in [1.807, 2.05) is 63.6 Å². The third-order valence-corrected chi connectivity index (χ3v) is 5.61. The second-order valence-corrected chi connectivity index (χ2v) is 7.60. The number of aromatic nitrogens is 2. The van der Waals surface area contributed by atoms with Gasteiger partial charge in [-0.1, -0.05) is 24.3 Å². The van der Waals surface area contributed by atoms with Crippen LogP contribution >= 0.6 is 11.3 Å².